The molecule has 0 aliphatic rings. The predicted molar refractivity (Wildman–Crippen MR) is 79.2 cm³/mol. The highest BCUT2D eigenvalue weighted by molar-refractivity contribution is 9.09. The largest absolute Gasteiger partial charge is 0.507 e. The zero-order valence-corrected chi connectivity index (χ0v) is 13.0. The lowest BCUT2D eigenvalue weighted by molar-refractivity contribution is 0.0934. The molecule has 0 aliphatic carbocycles. The number of rotatable bonds is 6. The Morgan fingerprint density at radius 3 is 2.63 bits per heavy atom. The zero-order chi connectivity index (χ0) is 14.4. The highest BCUT2D eigenvalue weighted by Gasteiger charge is 2.17. The highest BCUT2D eigenvalue weighted by atomic mass is 79.9. The molecule has 0 fully saturated rings. The van der Waals surface area contributed by atoms with Gasteiger partial charge in [-0.05, 0) is 24.5 Å². The molecule has 0 saturated carbocycles. The minimum absolute atomic E-state index is 0.0500. The minimum Gasteiger partial charge on any atom is -0.507 e. The average molecular weight is 330 g/mol. The number of phenols is 1. The summed E-state index contributed by atoms with van der Waals surface area (Å²) in [5.41, 5.74) is 0.260. The lowest BCUT2D eigenvalue weighted by Gasteiger charge is -2.18. The van der Waals surface area contributed by atoms with Crippen molar-refractivity contribution in [2.24, 2.45) is 5.92 Å². The maximum atomic E-state index is 12.1. The van der Waals surface area contributed by atoms with Crippen molar-refractivity contribution in [3.05, 3.63) is 23.8 Å². The van der Waals surface area contributed by atoms with Crippen LogP contribution < -0.4 is 10.1 Å². The van der Waals surface area contributed by atoms with Gasteiger partial charge < -0.3 is 15.2 Å². The normalized spacial score (nSPS) is 12.3. The van der Waals surface area contributed by atoms with Crippen LogP contribution in [0.4, 0.5) is 0 Å². The Labute approximate surface area is 122 Å². The van der Waals surface area contributed by atoms with Crippen molar-refractivity contribution < 1.29 is 14.6 Å². The molecule has 0 saturated heterocycles. The van der Waals surface area contributed by atoms with Gasteiger partial charge in [0, 0.05) is 17.4 Å². The lowest BCUT2D eigenvalue weighted by Crippen LogP contribution is -2.37. The van der Waals surface area contributed by atoms with Crippen LogP contribution in [0.5, 0.6) is 11.5 Å². The smallest absolute Gasteiger partial charge is 0.255 e. The van der Waals surface area contributed by atoms with Gasteiger partial charge in [-0.3, -0.25) is 4.79 Å². The summed E-state index contributed by atoms with van der Waals surface area (Å²) in [5, 5.41) is 13.4. The summed E-state index contributed by atoms with van der Waals surface area (Å²) in [5.74, 6) is 0.667. The van der Waals surface area contributed by atoms with Crippen molar-refractivity contribution in [3.8, 4) is 11.5 Å². The van der Waals surface area contributed by atoms with Crippen LogP contribution in [0.15, 0.2) is 18.2 Å². The molecule has 1 aromatic carbocycles. The average Bonchev–Trinajstić information content (AvgIpc) is 2.36. The highest BCUT2D eigenvalue weighted by Crippen LogP contribution is 2.23. The van der Waals surface area contributed by atoms with E-state index in [1.54, 1.807) is 12.1 Å². The van der Waals surface area contributed by atoms with E-state index in [0.717, 1.165) is 6.42 Å². The Balaban J connectivity index is 2.77. The van der Waals surface area contributed by atoms with E-state index in [1.807, 2.05) is 0 Å². The maximum Gasteiger partial charge on any atom is 0.255 e. The number of hydrogen-bond donors (Lipinski definition) is 2. The Kier molecular flexibility index (Phi) is 6.15. The molecule has 19 heavy (non-hydrogen) atoms. The molecule has 4 nitrogen and oxygen atoms in total. The molecule has 1 rings (SSSR count). The Morgan fingerprint density at radius 1 is 1.47 bits per heavy atom. The number of ether oxygens (including phenoxy) is 1. The van der Waals surface area contributed by atoms with E-state index < -0.39 is 0 Å². The van der Waals surface area contributed by atoms with E-state index in [4.69, 9.17) is 4.74 Å². The number of nitrogens with one attached hydrogen (secondary N) is 1. The topological polar surface area (TPSA) is 58.6 Å². The van der Waals surface area contributed by atoms with Gasteiger partial charge in [0.2, 0.25) is 0 Å². The van der Waals surface area contributed by atoms with E-state index >= 15 is 0 Å². The quantitative estimate of drug-likeness (QED) is 0.789. The molecule has 1 atom stereocenters. The first-order chi connectivity index (χ1) is 8.97. The van der Waals surface area contributed by atoms with Gasteiger partial charge >= 0.3 is 0 Å². The van der Waals surface area contributed by atoms with Crippen LogP contribution in [0.3, 0.4) is 0 Å². The second-order valence-corrected chi connectivity index (χ2v) is 5.48. The third-order valence-electron chi connectivity index (χ3n) is 2.73. The molecular formula is C14H20BrNO3. The van der Waals surface area contributed by atoms with Gasteiger partial charge in [-0.2, -0.15) is 0 Å². The lowest BCUT2D eigenvalue weighted by atomic mass is 10.0. The third kappa shape index (κ3) is 4.74. The van der Waals surface area contributed by atoms with Crippen LogP contribution in [0.2, 0.25) is 0 Å². The molecule has 2 N–H and O–H groups in total. The standard InChI is InChI=1S/C14H20BrNO3/c1-9(2)6-10(8-15)16-14(18)12-5-4-11(19-3)7-13(12)17/h4-5,7,9-10,17H,6,8H2,1-3H3,(H,16,18). The summed E-state index contributed by atoms with van der Waals surface area (Å²) in [7, 11) is 1.51. The molecule has 0 aromatic heterocycles. The second-order valence-electron chi connectivity index (χ2n) is 4.84. The Bertz CT molecular complexity index is 435. The Morgan fingerprint density at radius 2 is 2.16 bits per heavy atom. The van der Waals surface area contributed by atoms with Crippen molar-refractivity contribution in [1.82, 2.24) is 5.32 Å². The predicted octanol–water partition coefficient (Wildman–Crippen LogP) is 2.94. The number of benzene rings is 1. The van der Waals surface area contributed by atoms with Gasteiger partial charge in [0.25, 0.3) is 5.91 Å². The van der Waals surface area contributed by atoms with Crippen LogP contribution in [-0.2, 0) is 0 Å². The first-order valence-electron chi connectivity index (χ1n) is 6.21. The number of carbonyl (C=O) groups excluding carboxylic acids is 1. The molecule has 0 spiro atoms. The van der Waals surface area contributed by atoms with E-state index in [-0.39, 0.29) is 23.3 Å². The van der Waals surface area contributed by atoms with Crippen molar-refractivity contribution in [3.63, 3.8) is 0 Å². The molecule has 106 valence electrons. The fourth-order valence-electron chi connectivity index (χ4n) is 1.82. The summed E-state index contributed by atoms with van der Waals surface area (Å²) in [4.78, 5) is 12.1. The number of aromatic hydroxyl groups is 1. The molecule has 1 unspecified atom stereocenters. The summed E-state index contributed by atoms with van der Waals surface area (Å²) in [6, 6.07) is 4.69. The third-order valence-corrected chi connectivity index (χ3v) is 3.51. The van der Waals surface area contributed by atoms with Crippen molar-refractivity contribution >= 4 is 21.8 Å². The van der Waals surface area contributed by atoms with Crippen molar-refractivity contribution in [2.75, 3.05) is 12.4 Å². The van der Waals surface area contributed by atoms with Gasteiger partial charge in [0.15, 0.2) is 0 Å². The van der Waals surface area contributed by atoms with Crippen LogP contribution in [0, 0.1) is 5.92 Å². The molecule has 0 heterocycles. The summed E-state index contributed by atoms with van der Waals surface area (Å²) in [6.45, 7) is 4.21. The Hall–Kier alpha value is -1.23. The van der Waals surface area contributed by atoms with Gasteiger partial charge in [0.05, 0.1) is 12.7 Å². The first-order valence-corrected chi connectivity index (χ1v) is 7.33. The summed E-state index contributed by atoms with van der Waals surface area (Å²) in [6.07, 6.45) is 0.883. The molecule has 0 aliphatic heterocycles. The van der Waals surface area contributed by atoms with Crippen LogP contribution in [0.25, 0.3) is 0 Å². The number of carbonyl (C=O) groups is 1. The molecular weight excluding hydrogens is 310 g/mol. The number of methoxy groups -OCH3 is 1. The number of alkyl halides is 1. The summed E-state index contributed by atoms with van der Waals surface area (Å²) >= 11 is 3.39. The van der Waals surface area contributed by atoms with E-state index in [9.17, 15) is 9.90 Å². The molecule has 1 aromatic rings. The zero-order valence-electron chi connectivity index (χ0n) is 11.4. The number of halogens is 1. The van der Waals surface area contributed by atoms with E-state index in [2.05, 4.69) is 35.1 Å². The first kappa shape index (κ1) is 15.8. The SMILES string of the molecule is COc1ccc(C(=O)NC(CBr)CC(C)C)c(O)c1. The van der Waals surface area contributed by atoms with E-state index in [1.165, 1.54) is 13.2 Å². The van der Waals surface area contributed by atoms with Crippen molar-refractivity contribution in [2.45, 2.75) is 26.3 Å². The van der Waals surface area contributed by atoms with Gasteiger partial charge in [-0.1, -0.05) is 29.8 Å². The van der Waals surface area contributed by atoms with Crippen molar-refractivity contribution in [1.29, 1.82) is 0 Å². The van der Waals surface area contributed by atoms with Gasteiger partial charge in [-0.15, -0.1) is 0 Å². The van der Waals surface area contributed by atoms with Gasteiger partial charge in [0.1, 0.15) is 11.5 Å². The number of amides is 1. The molecule has 5 heteroatoms. The maximum absolute atomic E-state index is 12.1. The minimum atomic E-state index is -0.273. The van der Waals surface area contributed by atoms with Crippen LogP contribution in [0.1, 0.15) is 30.6 Å². The van der Waals surface area contributed by atoms with Crippen LogP contribution >= 0.6 is 15.9 Å². The molecule has 0 bridgehead atoms. The second kappa shape index (κ2) is 7.38. The fourth-order valence-corrected chi connectivity index (χ4v) is 2.25. The van der Waals surface area contributed by atoms with Crippen LogP contribution in [-0.4, -0.2) is 29.5 Å². The number of hydrogen-bond acceptors (Lipinski definition) is 3. The van der Waals surface area contributed by atoms with Gasteiger partial charge in [-0.25, -0.2) is 0 Å². The summed E-state index contributed by atoms with van der Waals surface area (Å²) < 4.78 is 4.99. The monoisotopic (exact) mass is 329 g/mol. The number of phenolic OH excluding ortho intramolecular Hbond substituents is 1. The molecule has 1 amide bonds. The fraction of sp³-hybridized carbons (Fsp3) is 0.500. The molecule has 0 radical (unpaired) electrons. The van der Waals surface area contributed by atoms with E-state index in [0.29, 0.717) is 17.0 Å².